The summed E-state index contributed by atoms with van der Waals surface area (Å²) < 4.78 is 0. The lowest BCUT2D eigenvalue weighted by molar-refractivity contribution is 0.204. The average Bonchev–Trinajstić information content (AvgIpc) is 2.66. The highest BCUT2D eigenvalue weighted by atomic mass is 15.2. The monoisotopic (exact) mass is 252 g/mol. The number of rotatable bonds is 5. The fourth-order valence-corrected chi connectivity index (χ4v) is 3.66. The number of unbranched alkanes of at least 4 members (excludes halogenated alkanes) is 2. The summed E-state index contributed by atoms with van der Waals surface area (Å²) in [6.45, 7) is 7.51. The summed E-state index contributed by atoms with van der Waals surface area (Å²) in [6, 6.07) is 0.787. The maximum atomic E-state index is 3.83. The summed E-state index contributed by atoms with van der Waals surface area (Å²) >= 11 is 0. The highest BCUT2D eigenvalue weighted by Gasteiger charge is 2.26. The zero-order chi connectivity index (χ0) is 12.6. The van der Waals surface area contributed by atoms with Crippen LogP contribution in [0.1, 0.15) is 64.7 Å². The molecule has 1 heterocycles. The van der Waals surface area contributed by atoms with E-state index in [2.05, 4.69) is 17.1 Å². The van der Waals surface area contributed by atoms with Gasteiger partial charge in [0.25, 0.3) is 0 Å². The molecule has 1 atom stereocenters. The SMILES string of the molecule is CCCCCN1CCCNC(C2CCCCC2)C1. The smallest absolute Gasteiger partial charge is 0.0223 e. The molecule has 1 N–H and O–H groups in total. The molecule has 1 aliphatic carbocycles. The third-order valence-electron chi connectivity index (χ3n) is 4.81. The van der Waals surface area contributed by atoms with Gasteiger partial charge < -0.3 is 10.2 Å². The lowest BCUT2D eigenvalue weighted by Crippen LogP contribution is -2.43. The summed E-state index contributed by atoms with van der Waals surface area (Å²) in [5, 5.41) is 3.83. The van der Waals surface area contributed by atoms with Crippen molar-refractivity contribution in [2.24, 2.45) is 5.92 Å². The van der Waals surface area contributed by atoms with Gasteiger partial charge >= 0.3 is 0 Å². The first kappa shape index (κ1) is 14.3. The lowest BCUT2D eigenvalue weighted by Gasteiger charge is -2.33. The number of hydrogen-bond acceptors (Lipinski definition) is 2. The van der Waals surface area contributed by atoms with Crippen molar-refractivity contribution in [2.45, 2.75) is 70.8 Å². The minimum atomic E-state index is 0.787. The van der Waals surface area contributed by atoms with E-state index in [4.69, 9.17) is 0 Å². The van der Waals surface area contributed by atoms with Crippen LogP contribution in [0.4, 0.5) is 0 Å². The Morgan fingerprint density at radius 2 is 1.89 bits per heavy atom. The fourth-order valence-electron chi connectivity index (χ4n) is 3.66. The van der Waals surface area contributed by atoms with E-state index in [9.17, 15) is 0 Å². The van der Waals surface area contributed by atoms with E-state index in [-0.39, 0.29) is 0 Å². The lowest BCUT2D eigenvalue weighted by atomic mass is 9.83. The Labute approximate surface area is 114 Å². The van der Waals surface area contributed by atoms with Crippen LogP contribution in [0.25, 0.3) is 0 Å². The molecule has 0 bridgehead atoms. The second kappa shape index (κ2) is 8.16. The molecule has 0 radical (unpaired) electrons. The van der Waals surface area contributed by atoms with E-state index >= 15 is 0 Å². The van der Waals surface area contributed by atoms with Crippen LogP contribution in [0.3, 0.4) is 0 Å². The van der Waals surface area contributed by atoms with Crippen molar-refractivity contribution >= 4 is 0 Å². The van der Waals surface area contributed by atoms with Gasteiger partial charge in [-0.25, -0.2) is 0 Å². The van der Waals surface area contributed by atoms with E-state index in [1.54, 1.807) is 0 Å². The van der Waals surface area contributed by atoms with Gasteiger partial charge in [-0.1, -0.05) is 39.0 Å². The summed E-state index contributed by atoms with van der Waals surface area (Å²) in [7, 11) is 0. The van der Waals surface area contributed by atoms with Crippen molar-refractivity contribution in [3.05, 3.63) is 0 Å². The second-order valence-corrected chi connectivity index (χ2v) is 6.32. The zero-order valence-corrected chi connectivity index (χ0v) is 12.3. The summed E-state index contributed by atoms with van der Waals surface area (Å²) in [5.74, 6) is 0.963. The molecule has 2 rings (SSSR count). The van der Waals surface area contributed by atoms with Crippen LogP contribution in [0, 0.1) is 5.92 Å². The van der Waals surface area contributed by atoms with Crippen LogP contribution in [0.5, 0.6) is 0 Å². The quantitative estimate of drug-likeness (QED) is 0.754. The van der Waals surface area contributed by atoms with Gasteiger partial charge in [-0.2, -0.15) is 0 Å². The maximum Gasteiger partial charge on any atom is 0.0223 e. The van der Waals surface area contributed by atoms with E-state index in [1.807, 2.05) is 0 Å². The van der Waals surface area contributed by atoms with E-state index in [0.717, 1.165) is 12.0 Å². The number of nitrogens with one attached hydrogen (secondary N) is 1. The molecule has 1 aliphatic heterocycles. The van der Waals surface area contributed by atoms with Crippen molar-refractivity contribution in [1.82, 2.24) is 10.2 Å². The van der Waals surface area contributed by atoms with E-state index in [0.29, 0.717) is 0 Å². The summed E-state index contributed by atoms with van der Waals surface area (Å²) in [6.07, 6.45) is 12.8. The first-order valence-electron chi connectivity index (χ1n) is 8.36. The Hall–Kier alpha value is -0.0800. The van der Waals surface area contributed by atoms with Crippen LogP contribution >= 0.6 is 0 Å². The first-order chi connectivity index (χ1) is 8.90. The minimum absolute atomic E-state index is 0.787. The third kappa shape index (κ3) is 4.55. The van der Waals surface area contributed by atoms with Gasteiger partial charge in [0, 0.05) is 12.6 Å². The van der Waals surface area contributed by atoms with Crippen LogP contribution in [-0.2, 0) is 0 Å². The predicted octanol–water partition coefficient (Wildman–Crippen LogP) is 3.42. The Morgan fingerprint density at radius 1 is 1.06 bits per heavy atom. The average molecular weight is 252 g/mol. The molecule has 1 unspecified atom stereocenters. The van der Waals surface area contributed by atoms with E-state index in [1.165, 1.54) is 84.0 Å². The third-order valence-corrected chi connectivity index (χ3v) is 4.81. The molecule has 0 aromatic heterocycles. The van der Waals surface area contributed by atoms with Crippen molar-refractivity contribution in [1.29, 1.82) is 0 Å². The van der Waals surface area contributed by atoms with Crippen molar-refractivity contribution in [2.75, 3.05) is 26.2 Å². The normalized spacial score (nSPS) is 28.2. The number of nitrogens with zero attached hydrogens (tertiary/aromatic N) is 1. The predicted molar refractivity (Wildman–Crippen MR) is 78.9 cm³/mol. The van der Waals surface area contributed by atoms with Crippen LogP contribution in [0.15, 0.2) is 0 Å². The molecule has 18 heavy (non-hydrogen) atoms. The Bertz CT molecular complexity index is 211. The molecule has 2 heteroatoms. The highest BCUT2D eigenvalue weighted by molar-refractivity contribution is 4.84. The van der Waals surface area contributed by atoms with Gasteiger partial charge in [-0.3, -0.25) is 0 Å². The van der Waals surface area contributed by atoms with Crippen LogP contribution in [-0.4, -0.2) is 37.1 Å². The highest BCUT2D eigenvalue weighted by Crippen LogP contribution is 2.27. The standard InChI is InChI=1S/C16H32N2/c1-2-3-7-12-18-13-8-11-17-16(14-18)15-9-5-4-6-10-15/h15-17H,2-14H2,1H3. The Morgan fingerprint density at radius 3 is 2.67 bits per heavy atom. The largest absolute Gasteiger partial charge is 0.312 e. The van der Waals surface area contributed by atoms with E-state index < -0.39 is 0 Å². The molecule has 2 nitrogen and oxygen atoms in total. The molecular weight excluding hydrogens is 220 g/mol. The second-order valence-electron chi connectivity index (χ2n) is 6.32. The number of hydrogen-bond donors (Lipinski definition) is 1. The van der Waals surface area contributed by atoms with Gasteiger partial charge in [0.15, 0.2) is 0 Å². The molecule has 2 aliphatic rings. The summed E-state index contributed by atoms with van der Waals surface area (Å²) in [5.41, 5.74) is 0. The fraction of sp³-hybridized carbons (Fsp3) is 1.00. The van der Waals surface area contributed by atoms with Gasteiger partial charge in [0.2, 0.25) is 0 Å². The molecule has 2 fully saturated rings. The van der Waals surface area contributed by atoms with Crippen molar-refractivity contribution < 1.29 is 0 Å². The molecule has 0 aromatic rings. The van der Waals surface area contributed by atoms with Crippen LogP contribution in [0.2, 0.25) is 0 Å². The zero-order valence-electron chi connectivity index (χ0n) is 12.3. The topological polar surface area (TPSA) is 15.3 Å². The first-order valence-corrected chi connectivity index (χ1v) is 8.36. The summed E-state index contributed by atoms with van der Waals surface area (Å²) in [4.78, 5) is 2.73. The maximum absolute atomic E-state index is 3.83. The van der Waals surface area contributed by atoms with Gasteiger partial charge in [0.05, 0.1) is 0 Å². The van der Waals surface area contributed by atoms with Gasteiger partial charge in [-0.05, 0) is 51.2 Å². The molecule has 0 aromatic carbocycles. The molecule has 0 spiro atoms. The molecule has 0 amide bonds. The van der Waals surface area contributed by atoms with Gasteiger partial charge in [-0.15, -0.1) is 0 Å². The molecule has 1 saturated carbocycles. The Balaban J connectivity index is 1.78. The van der Waals surface area contributed by atoms with Crippen molar-refractivity contribution in [3.8, 4) is 0 Å². The molecule has 106 valence electrons. The Kier molecular flexibility index (Phi) is 6.50. The van der Waals surface area contributed by atoms with Gasteiger partial charge in [0.1, 0.15) is 0 Å². The molecule has 1 saturated heterocycles. The van der Waals surface area contributed by atoms with Crippen LogP contribution < -0.4 is 5.32 Å². The van der Waals surface area contributed by atoms with Crippen molar-refractivity contribution in [3.63, 3.8) is 0 Å². The molecular formula is C16H32N2. The minimum Gasteiger partial charge on any atom is -0.312 e.